The molecule has 0 spiro atoms. The summed E-state index contributed by atoms with van der Waals surface area (Å²) >= 11 is 0. The number of carbonyl (C=O) groups excluding carboxylic acids is 1. The molecule has 0 amide bonds. The number of ether oxygens (including phenoxy) is 2. The van der Waals surface area contributed by atoms with Crippen molar-refractivity contribution >= 4 is 11.5 Å². The topological polar surface area (TPSA) is 108 Å². The number of rotatable bonds is 8. The number of hydrogen-bond acceptors (Lipinski definition) is 7. The number of ketones is 1. The van der Waals surface area contributed by atoms with Crippen molar-refractivity contribution in [2.75, 3.05) is 11.9 Å². The second-order valence-electron chi connectivity index (χ2n) is 7.12. The smallest absolute Gasteiger partial charge is 0.202 e. The predicted molar refractivity (Wildman–Crippen MR) is 112 cm³/mol. The fourth-order valence-electron chi connectivity index (χ4n) is 3.17. The van der Waals surface area contributed by atoms with Crippen LogP contribution in [0.4, 0.5) is 5.69 Å². The highest BCUT2D eigenvalue weighted by Gasteiger charge is 2.37. The molecule has 0 bridgehead atoms. The molecule has 30 heavy (non-hydrogen) atoms. The van der Waals surface area contributed by atoms with Crippen molar-refractivity contribution in [1.82, 2.24) is 0 Å². The molecule has 160 valence electrons. The van der Waals surface area contributed by atoms with Gasteiger partial charge in [0.15, 0.2) is 5.78 Å². The monoisotopic (exact) mass is 413 g/mol. The Morgan fingerprint density at radius 3 is 2.70 bits per heavy atom. The number of aliphatic hydroxyl groups excluding tert-OH is 3. The van der Waals surface area contributed by atoms with Crippen molar-refractivity contribution in [3.8, 4) is 5.75 Å². The highest BCUT2D eigenvalue weighted by Crippen LogP contribution is 2.25. The number of aryl methyl sites for hydroxylation is 1. The highest BCUT2D eigenvalue weighted by molar-refractivity contribution is 6.04. The largest absolute Gasteiger partial charge is 0.465 e. The van der Waals surface area contributed by atoms with E-state index in [0.717, 1.165) is 6.42 Å². The van der Waals surface area contributed by atoms with Crippen molar-refractivity contribution in [2.24, 2.45) is 0 Å². The average Bonchev–Trinajstić information content (AvgIpc) is 2.76. The maximum absolute atomic E-state index is 12.2. The summed E-state index contributed by atoms with van der Waals surface area (Å²) in [5, 5.41) is 32.0. The summed E-state index contributed by atoms with van der Waals surface area (Å²) in [6.45, 7) is 1.65. The molecule has 4 N–H and O–H groups in total. The zero-order valence-electron chi connectivity index (χ0n) is 16.8. The summed E-state index contributed by atoms with van der Waals surface area (Å²) in [5.74, 6) is 0.385. The number of nitrogens with one attached hydrogen (secondary N) is 1. The molecule has 0 aromatic heterocycles. The minimum Gasteiger partial charge on any atom is -0.465 e. The Hall–Kier alpha value is -2.71. The Labute approximate surface area is 175 Å². The third-order valence-corrected chi connectivity index (χ3v) is 4.95. The Morgan fingerprint density at radius 2 is 2.00 bits per heavy atom. The fourth-order valence-corrected chi connectivity index (χ4v) is 3.17. The van der Waals surface area contributed by atoms with Crippen LogP contribution in [0.5, 0.6) is 5.75 Å². The fraction of sp³-hybridized carbons (Fsp3) is 0.348. The Kier molecular flexibility index (Phi) is 7.59. The zero-order valence-corrected chi connectivity index (χ0v) is 16.8. The van der Waals surface area contributed by atoms with Gasteiger partial charge < -0.3 is 30.1 Å². The van der Waals surface area contributed by atoms with E-state index in [1.165, 1.54) is 11.6 Å². The van der Waals surface area contributed by atoms with Crippen LogP contribution in [0.1, 0.15) is 29.3 Å². The third-order valence-electron chi connectivity index (χ3n) is 4.95. The summed E-state index contributed by atoms with van der Waals surface area (Å²) in [6, 6.07) is 14.6. The first-order valence-electron chi connectivity index (χ1n) is 9.95. The lowest BCUT2D eigenvalue weighted by Gasteiger charge is -2.36. The van der Waals surface area contributed by atoms with Crippen LogP contribution in [-0.4, -0.2) is 52.3 Å². The molecular formula is C23H27NO6. The normalized spacial score (nSPS) is 24.0. The van der Waals surface area contributed by atoms with Crippen molar-refractivity contribution in [3.63, 3.8) is 0 Å². The van der Waals surface area contributed by atoms with E-state index in [-0.39, 0.29) is 12.2 Å². The zero-order chi connectivity index (χ0) is 21.5. The summed E-state index contributed by atoms with van der Waals surface area (Å²) in [7, 11) is 0. The van der Waals surface area contributed by atoms with E-state index in [2.05, 4.69) is 12.2 Å². The van der Waals surface area contributed by atoms with E-state index < -0.39 is 31.2 Å². The molecule has 0 aliphatic carbocycles. The first kappa shape index (κ1) is 22.0. The van der Waals surface area contributed by atoms with Gasteiger partial charge in [-0.2, -0.15) is 0 Å². The van der Waals surface area contributed by atoms with E-state index in [9.17, 15) is 20.1 Å². The van der Waals surface area contributed by atoms with Gasteiger partial charge in [0.1, 0.15) is 18.0 Å². The average molecular weight is 413 g/mol. The van der Waals surface area contributed by atoms with Crippen molar-refractivity contribution < 1.29 is 29.6 Å². The second-order valence-corrected chi connectivity index (χ2v) is 7.12. The van der Waals surface area contributed by atoms with Gasteiger partial charge in [0, 0.05) is 36.0 Å². The molecule has 1 saturated heterocycles. The molecule has 3 rings (SSSR count). The summed E-state index contributed by atoms with van der Waals surface area (Å²) in [6.07, 6.45) is 0.151. The van der Waals surface area contributed by atoms with E-state index in [1.54, 1.807) is 24.4 Å². The van der Waals surface area contributed by atoms with E-state index in [4.69, 9.17) is 9.47 Å². The van der Waals surface area contributed by atoms with Crippen LogP contribution >= 0.6 is 0 Å². The Balaban J connectivity index is 1.57. The van der Waals surface area contributed by atoms with Gasteiger partial charge in [-0.3, -0.25) is 4.79 Å². The van der Waals surface area contributed by atoms with Crippen LogP contribution in [-0.2, 0) is 11.2 Å². The number of allylic oxidation sites excluding steroid dienone is 1. The number of hydrogen-bond donors (Lipinski definition) is 4. The lowest BCUT2D eigenvalue weighted by Crippen LogP contribution is -2.51. The summed E-state index contributed by atoms with van der Waals surface area (Å²) < 4.78 is 11.2. The Morgan fingerprint density at radius 1 is 1.23 bits per heavy atom. The predicted octanol–water partition coefficient (Wildman–Crippen LogP) is 2.27. The van der Waals surface area contributed by atoms with Crippen LogP contribution in [0.15, 0.2) is 60.8 Å². The van der Waals surface area contributed by atoms with Crippen LogP contribution in [0.3, 0.4) is 0 Å². The van der Waals surface area contributed by atoms with Crippen molar-refractivity contribution in [2.45, 2.75) is 44.4 Å². The molecule has 0 radical (unpaired) electrons. The molecule has 4 atom stereocenters. The van der Waals surface area contributed by atoms with Crippen LogP contribution in [0.2, 0.25) is 0 Å². The standard InChI is InChI=1S/C23H27NO6/c1-2-15-6-8-16(9-7-15)19(26)10-11-24-17-4-3-5-18(12-17)29-22-13-20(27)23(28)21(14-25)30-22/h3-12,20-25,27-28H,2,13-14H2,1H3/b11-10+. The van der Waals surface area contributed by atoms with Gasteiger partial charge in [0.05, 0.1) is 12.7 Å². The van der Waals surface area contributed by atoms with Gasteiger partial charge in [-0.1, -0.05) is 37.3 Å². The number of benzene rings is 2. The summed E-state index contributed by atoms with van der Waals surface area (Å²) in [5.41, 5.74) is 2.50. The molecule has 0 saturated carbocycles. The first-order chi connectivity index (χ1) is 14.5. The number of anilines is 1. The van der Waals surface area contributed by atoms with E-state index >= 15 is 0 Å². The maximum Gasteiger partial charge on any atom is 0.202 e. The van der Waals surface area contributed by atoms with Crippen LogP contribution in [0, 0.1) is 0 Å². The second kappa shape index (κ2) is 10.4. The van der Waals surface area contributed by atoms with E-state index in [0.29, 0.717) is 17.0 Å². The number of carbonyl (C=O) groups is 1. The molecule has 2 aromatic rings. The molecule has 4 unspecified atom stereocenters. The maximum atomic E-state index is 12.2. The third kappa shape index (κ3) is 5.67. The minimum atomic E-state index is -1.15. The van der Waals surface area contributed by atoms with Crippen molar-refractivity contribution in [3.05, 3.63) is 71.9 Å². The van der Waals surface area contributed by atoms with Crippen LogP contribution in [0.25, 0.3) is 0 Å². The van der Waals surface area contributed by atoms with E-state index in [1.807, 2.05) is 30.3 Å². The van der Waals surface area contributed by atoms with Gasteiger partial charge in [0.2, 0.25) is 6.29 Å². The quantitative estimate of drug-likeness (QED) is 0.388. The lowest BCUT2D eigenvalue weighted by molar-refractivity contribution is -0.229. The molecule has 1 aliphatic heterocycles. The first-order valence-corrected chi connectivity index (χ1v) is 9.95. The van der Waals surface area contributed by atoms with Gasteiger partial charge in [-0.05, 0) is 24.1 Å². The molecular weight excluding hydrogens is 386 g/mol. The lowest BCUT2D eigenvalue weighted by atomic mass is 10.0. The molecule has 1 fully saturated rings. The van der Waals surface area contributed by atoms with Crippen molar-refractivity contribution in [1.29, 1.82) is 0 Å². The molecule has 2 aromatic carbocycles. The molecule has 1 heterocycles. The molecule has 1 aliphatic rings. The van der Waals surface area contributed by atoms with Gasteiger partial charge in [0.25, 0.3) is 0 Å². The minimum absolute atomic E-state index is 0.0839. The van der Waals surface area contributed by atoms with Crippen LogP contribution < -0.4 is 10.1 Å². The number of aliphatic hydroxyl groups is 3. The SMILES string of the molecule is CCc1ccc(C(=O)/C=C/Nc2cccc(OC3CC(O)C(O)C(CO)O3)c2)cc1. The molecule has 7 nitrogen and oxygen atoms in total. The van der Waals surface area contributed by atoms with Gasteiger partial charge >= 0.3 is 0 Å². The highest BCUT2D eigenvalue weighted by atomic mass is 16.7. The Bertz CT molecular complexity index is 866. The summed E-state index contributed by atoms with van der Waals surface area (Å²) in [4.78, 5) is 12.2. The van der Waals surface area contributed by atoms with Gasteiger partial charge in [-0.25, -0.2) is 0 Å². The molecule has 7 heteroatoms. The van der Waals surface area contributed by atoms with Gasteiger partial charge in [-0.15, -0.1) is 0 Å².